The molecule has 1 aromatic rings. The third-order valence-corrected chi connectivity index (χ3v) is 5.35. The highest BCUT2D eigenvalue weighted by Crippen LogP contribution is 2.20. The molecule has 0 aromatic heterocycles. The number of amides is 1. The number of piperidine rings is 1. The first kappa shape index (κ1) is 23.2. The molecule has 29 heavy (non-hydrogen) atoms. The van der Waals surface area contributed by atoms with Crippen LogP contribution in [-0.2, 0) is 11.2 Å². The van der Waals surface area contributed by atoms with Crippen molar-refractivity contribution >= 4 is 11.9 Å². The number of hydrogen-bond acceptors (Lipinski definition) is 3. The van der Waals surface area contributed by atoms with Gasteiger partial charge in [-0.2, -0.15) is 0 Å². The van der Waals surface area contributed by atoms with Gasteiger partial charge in [0.1, 0.15) is 0 Å². The van der Waals surface area contributed by atoms with E-state index in [9.17, 15) is 4.79 Å². The fourth-order valence-corrected chi connectivity index (χ4v) is 3.68. The first-order valence-corrected chi connectivity index (χ1v) is 10.9. The van der Waals surface area contributed by atoms with Gasteiger partial charge in [-0.25, -0.2) is 0 Å². The number of nitrogens with zero attached hydrogens (tertiary/aromatic N) is 2. The van der Waals surface area contributed by atoms with Crippen LogP contribution < -0.4 is 16.0 Å². The number of likely N-dealkylation sites (tertiary alicyclic amines) is 1. The fourth-order valence-electron chi connectivity index (χ4n) is 3.68. The second-order valence-electron chi connectivity index (χ2n) is 8.80. The molecule has 0 aliphatic carbocycles. The van der Waals surface area contributed by atoms with Gasteiger partial charge in [-0.15, -0.1) is 0 Å². The second kappa shape index (κ2) is 11.8. The third-order valence-electron chi connectivity index (χ3n) is 5.35. The SMILES string of the molecule is CCCNC(=O)CN1CCC(NC(=NC)NCC(C)(C)Cc2ccccc2)CC1. The lowest BCUT2D eigenvalue weighted by Crippen LogP contribution is -2.51. The van der Waals surface area contributed by atoms with E-state index in [0.29, 0.717) is 12.6 Å². The number of benzene rings is 1. The van der Waals surface area contributed by atoms with Gasteiger partial charge in [0.15, 0.2) is 5.96 Å². The number of hydrogen-bond donors (Lipinski definition) is 3. The maximum Gasteiger partial charge on any atom is 0.234 e. The van der Waals surface area contributed by atoms with Gasteiger partial charge >= 0.3 is 0 Å². The van der Waals surface area contributed by atoms with Crippen molar-refractivity contribution in [1.82, 2.24) is 20.9 Å². The van der Waals surface area contributed by atoms with Crippen molar-refractivity contribution in [2.45, 2.75) is 52.5 Å². The zero-order valence-corrected chi connectivity index (χ0v) is 18.6. The van der Waals surface area contributed by atoms with Crippen molar-refractivity contribution in [3.05, 3.63) is 35.9 Å². The van der Waals surface area contributed by atoms with Crippen molar-refractivity contribution < 1.29 is 4.79 Å². The molecule has 162 valence electrons. The van der Waals surface area contributed by atoms with Crippen molar-refractivity contribution in [3.8, 4) is 0 Å². The monoisotopic (exact) mass is 401 g/mol. The standard InChI is InChI=1S/C23H39N5O/c1-5-13-25-21(29)17-28-14-11-20(12-15-28)27-22(24-4)26-18-23(2,3)16-19-9-7-6-8-10-19/h6-10,20H,5,11-18H2,1-4H3,(H,25,29)(H2,24,26,27). The van der Waals surface area contributed by atoms with Crippen LogP contribution in [-0.4, -0.2) is 62.6 Å². The molecular weight excluding hydrogens is 362 g/mol. The van der Waals surface area contributed by atoms with Crippen molar-refractivity contribution in [2.24, 2.45) is 10.4 Å². The molecule has 1 amide bonds. The molecule has 0 atom stereocenters. The predicted molar refractivity (Wildman–Crippen MR) is 121 cm³/mol. The van der Waals surface area contributed by atoms with E-state index >= 15 is 0 Å². The van der Waals surface area contributed by atoms with Crippen LogP contribution in [0.2, 0.25) is 0 Å². The molecule has 0 radical (unpaired) electrons. The molecule has 1 aromatic carbocycles. The lowest BCUT2D eigenvalue weighted by molar-refractivity contribution is -0.122. The topological polar surface area (TPSA) is 68.8 Å². The Kier molecular flexibility index (Phi) is 9.45. The number of aliphatic imine (C=N–C) groups is 1. The average Bonchev–Trinajstić information content (AvgIpc) is 2.71. The highest BCUT2D eigenvalue weighted by atomic mass is 16.2. The van der Waals surface area contributed by atoms with Crippen LogP contribution in [0.15, 0.2) is 35.3 Å². The summed E-state index contributed by atoms with van der Waals surface area (Å²) in [6.45, 7) is 10.6. The lowest BCUT2D eigenvalue weighted by Gasteiger charge is -2.33. The molecule has 0 unspecified atom stereocenters. The van der Waals surface area contributed by atoms with Gasteiger partial charge in [0.25, 0.3) is 0 Å². The smallest absolute Gasteiger partial charge is 0.234 e. The molecule has 0 spiro atoms. The van der Waals surface area contributed by atoms with Crippen LogP contribution in [0.4, 0.5) is 0 Å². The molecule has 1 aliphatic heterocycles. The molecule has 1 fully saturated rings. The Balaban J connectivity index is 1.71. The summed E-state index contributed by atoms with van der Waals surface area (Å²) < 4.78 is 0. The minimum atomic E-state index is 0.133. The number of nitrogens with one attached hydrogen (secondary N) is 3. The van der Waals surface area contributed by atoms with Gasteiger partial charge < -0.3 is 16.0 Å². The van der Waals surface area contributed by atoms with E-state index in [2.05, 4.69) is 76.9 Å². The Hall–Kier alpha value is -2.08. The number of rotatable bonds is 9. The summed E-state index contributed by atoms with van der Waals surface area (Å²) in [6, 6.07) is 11.0. The molecule has 6 nitrogen and oxygen atoms in total. The normalized spacial score (nSPS) is 16.5. The van der Waals surface area contributed by atoms with Crippen molar-refractivity contribution in [1.29, 1.82) is 0 Å². The quantitative estimate of drug-likeness (QED) is 0.439. The van der Waals surface area contributed by atoms with Gasteiger partial charge in [-0.1, -0.05) is 51.1 Å². The van der Waals surface area contributed by atoms with E-state index in [1.165, 1.54) is 5.56 Å². The first-order valence-electron chi connectivity index (χ1n) is 10.9. The van der Waals surface area contributed by atoms with Gasteiger partial charge in [-0.3, -0.25) is 14.7 Å². The molecule has 1 saturated heterocycles. The molecule has 0 bridgehead atoms. The van der Waals surface area contributed by atoms with Gasteiger partial charge in [-0.05, 0) is 36.7 Å². The van der Waals surface area contributed by atoms with Crippen molar-refractivity contribution in [2.75, 3.05) is 39.8 Å². The Morgan fingerprint density at radius 1 is 1.17 bits per heavy atom. The van der Waals surface area contributed by atoms with Crippen LogP contribution in [0.1, 0.15) is 45.6 Å². The average molecular weight is 402 g/mol. The maximum absolute atomic E-state index is 11.9. The Labute approximate surface area is 176 Å². The van der Waals surface area contributed by atoms with Crippen LogP contribution in [0.5, 0.6) is 0 Å². The third kappa shape index (κ3) is 8.86. The Morgan fingerprint density at radius 2 is 1.86 bits per heavy atom. The summed E-state index contributed by atoms with van der Waals surface area (Å²) in [5.41, 5.74) is 1.49. The summed E-state index contributed by atoms with van der Waals surface area (Å²) in [7, 11) is 1.83. The van der Waals surface area contributed by atoms with E-state index in [0.717, 1.165) is 57.8 Å². The molecule has 2 rings (SSSR count). The van der Waals surface area contributed by atoms with Crippen LogP contribution in [0.3, 0.4) is 0 Å². The lowest BCUT2D eigenvalue weighted by atomic mass is 9.86. The van der Waals surface area contributed by atoms with Gasteiger partial charge in [0.2, 0.25) is 5.91 Å². The van der Waals surface area contributed by atoms with E-state index < -0.39 is 0 Å². The predicted octanol–water partition coefficient (Wildman–Crippen LogP) is 2.41. The van der Waals surface area contributed by atoms with Crippen LogP contribution in [0, 0.1) is 5.41 Å². The Bertz CT molecular complexity index is 636. The molecule has 0 saturated carbocycles. The first-order chi connectivity index (χ1) is 13.9. The summed E-state index contributed by atoms with van der Waals surface area (Å²) in [5, 5.41) is 10.0. The zero-order chi connectivity index (χ0) is 21.1. The number of guanidine groups is 1. The zero-order valence-electron chi connectivity index (χ0n) is 18.6. The summed E-state index contributed by atoms with van der Waals surface area (Å²) in [6.07, 6.45) is 4.05. The summed E-state index contributed by atoms with van der Waals surface area (Å²) in [5.74, 6) is 1.00. The van der Waals surface area contributed by atoms with E-state index in [4.69, 9.17) is 0 Å². The van der Waals surface area contributed by atoms with E-state index in [-0.39, 0.29) is 11.3 Å². The Morgan fingerprint density at radius 3 is 2.48 bits per heavy atom. The number of carbonyl (C=O) groups is 1. The van der Waals surface area contributed by atoms with E-state index in [1.54, 1.807) is 0 Å². The molecular formula is C23H39N5O. The van der Waals surface area contributed by atoms with Gasteiger partial charge in [0, 0.05) is 39.3 Å². The molecule has 1 aliphatic rings. The van der Waals surface area contributed by atoms with E-state index in [1.807, 2.05) is 7.05 Å². The second-order valence-corrected chi connectivity index (χ2v) is 8.80. The van der Waals surface area contributed by atoms with Crippen LogP contribution in [0.25, 0.3) is 0 Å². The summed E-state index contributed by atoms with van der Waals surface area (Å²) >= 11 is 0. The van der Waals surface area contributed by atoms with Crippen LogP contribution >= 0.6 is 0 Å². The minimum Gasteiger partial charge on any atom is -0.356 e. The largest absolute Gasteiger partial charge is 0.356 e. The summed E-state index contributed by atoms with van der Waals surface area (Å²) in [4.78, 5) is 18.5. The fraction of sp³-hybridized carbons (Fsp3) is 0.652. The molecule has 3 N–H and O–H groups in total. The maximum atomic E-state index is 11.9. The number of carbonyl (C=O) groups excluding carboxylic acids is 1. The molecule has 1 heterocycles. The highest BCUT2D eigenvalue weighted by molar-refractivity contribution is 5.80. The van der Waals surface area contributed by atoms with Crippen molar-refractivity contribution in [3.63, 3.8) is 0 Å². The van der Waals surface area contributed by atoms with Gasteiger partial charge in [0.05, 0.1) is 6.54 Å². The minimum absolute atomic E-state index is 0.133. The molecule has 6 heteroatoms. The highest BCUT2D eigenvalue weighted by Gasteiger charge is 2.23.